The molecular formula is C10H17ClN4O2. The van der Waals surface area contributed by atoms with E-state index in [-0.39, 0.29) is 6.10 Å². The molecule has 0 aromatic heterocycles. The number of nitrogens with one attached hydrogen (secondary N) is 1. The molecule has 0 bridgehead atoms. The van der Waals surface area contributed by atoms with Crippen LogP contribution in [0.2, 0.25) is 0 Å². The fourth-order valence-corrected chi connectivity index (χ4v) is 1.73. The smallest absolute Gasteiger partial charge is 0.237 e. The first-order valence-corrected chi connectivity index (χ1v) is 6.05. The van der Waals surface area contributed by atoms with Crippen LogP contribution in [0.25, 0.3) is 0 Å². The predicted octanol–water partition coefficient (Wildman–Crippen LogP) is 0.872. The predicted molar refractivity (Wildman–Crippen MR) is 65.0 cm³/mol. The van der Waals surface area contributed by atoms with Crippen LogP contribution < -0.4 is 5.43 Å². The van der Waals surface area contributed by atoms with Gasteiger partial charge in [0.2, 0.25) is 5.90 Å². The molecule has 2 heterocycles. The van der Waals surface area contributed by atoms with Crippen LogP contribution in [0.4, 0.5) is 0 Å². The Hall–Kier alpha value is -0.980. The third kappa shape index (κ3) is 3.49. The highest BCUT2D eigenvalue weighted by atomic mass is 35.5. The van der Waals surface area contributed by atoms with Crippen LogP contribution in [0.3, 0.4) is 0 Å². The van der Waals surface area contributed by atoms with Crippen molar-refractivity contribution >= 4 is 17.5 Å². The summed E-state index contributed by atoms with van der Waals surface area (Å²) in [5.74, 6) is 0.509. The van der Waals surface area contributed by atoms with Gasteiger partial charge < -0.3 is 9.47 Å². The van der Waals surface area contributed by atoms with Gasteiger partial charge in [0.25, 0.3) is 0 Å². The molecule has 0 radical (unpaired) electrons. The van der Waals surface area contributed by atoms with E-state index >= 15 is 0 Å². The van der Waals surface area contributed by atoms with Gasteiger partial charge in [-0.1, -0.05) is 11.6 Å². The summed E-state index contributed by atoms with van der Waals surface area (Å²) < 4.78 is 10.8. The first-order valence-electron chi connectivity index (χ1n) is 5.67. The zero-order chi connectivity index (χ0) is 12.3. The molecule has 7 heteroatoms. The molecule has 6 nitrogen and oxygen atoms in total. The molecule has 17 heavy (non-hydrogen) atoms. The van der Waals surface area contributed by atoms with E-state index in [4.69, 9.17) is 21.1 Å². The number of morpholine rings is 1. The minimum Gasteiger partial charge on any atom is -0.474 e. The van der Waals surface area contributed by atoms with Crippen molar-refractivity contribution in [2.24, 2.45) is 5.10 Å². The average molecular weight is 261 g/mol. The van der Waals surface area contributed by atoms with Crippen molar-refractivity contribution in [1.82, 2.24) is 15.7 Å². The summed E-state index contributed by atoms with van der Waals surface area (Å²) in [6, 6.07) is 0. The Labute approximate surface area is 106 Å². The highest BCUT2D eigenvalue weighted by molar-refractivity contribution is 6.30. The fraction of sp³-hybridized carbons (Fsp3) is 0.700. The standard InChI is InChI=1S/C10H17ClN4O2/c1-8(2)17-10-7-9(11)12-15(13-10)14-3-5-16-6-4-14/h7-8,12H,3-6H2,1-2H3. The summed E-state index contributed by atoms with van der Waals surface area (Å²) >= 11 is 6.00. The molecule has 0 aromatic rings. The monoisotopic (exact) mass is 260 g/mol. The van der Waals surface area contributed by atoms with E-state index in [1.165, 1.54) is 0 Å². The lowest BCUT2D eigenvalue weighted by molar-refractivity contribution is -0.114. The van der Waals surface area contributed by atoms with Crippen LogP contribution in [0.1, 0.15) is 13.8 Å². The van der Waals surface area contributed by atoms with E-state index in [0.29, 0.717) is 24.3 Å². The van der Waals surface area contributed by atoms with Gasteiger partial charge in [0, 0.05) is 19.2 Å². The third-order valence-corrected chi connectivity index (χ3v) is 2.46. The first kappa shape index (κ1) is 12.5. The van der Waals surface area contributed by atoms with Crippen LogP contribution in [-0.4, -0.2) is 48.5 Å². The van der Waals surface area contributed by atoms with Crippen LogP contribution in [0, 0.1) is 0 Å². The number of hydrogen-bond donors (Lipinski definition) is 1. The molecule has 0 aliphatic carbocycles. The van der Waals surface area contributed by atoms with Gasteiger partial charge in [-0.05, 0) is 13.8 Å². The van der Waals surface area contributed by atoms with Crippen molar-refractivity contribution in [1.29, 1.82) is 0 Å². The van der Waals surface area contributed by atoms with Crippen LogP contribution in [0.5, 0.6) is 0 Å². The van der Waals surface area contributed by atoms with Gasteiger partial charge in [-0.2, -0.15) is 5.01 Å². The summed E-state index contributed by atoms with van der Waals surface area (Å²) in [6.07, 6.45) is 1.73. The molecule has 96 valence electrons. The summed E-state index contributed by atoms with van der Waals surface area (Å²) in [5.41, 5.74) is 2.95. The van der Waals surface area contributed by atoms with Gasteiger partial charge in [-0.15, -0.1) is 10.3 Å². The summed E-state index contributed by atoms with van der Waals surface area (Å²) in [5, 5.41) is 8.44. The molecule has 1 saturated heterocycles. The maximum atomic E-state index is 6.00. The van der Waals surface area contributed by atoms with E-state index in [2.05, 4.69) is 10.5 Å². The minimum absolute atomic E-state index is 0.0686. The van der Waals surface area contributed by atoms with Gasteiger partial charge in [0.05, 0.1) is 19.3 Å². The topological polar surface area (TPSA) is 49.3 Å². The zero-order valence-electron chi connectivity index (χ0n) is 10.0. The Morgan fingerprint density at radius 2 is 2.18 bits per heavy atom. The molecular weight excluding hydrogens is 244 g/mol. The Bertz CT molecular complexity index is 326. The number of hydrogen-bond acceptors (Lipinski definition) is 6. The van der Waals surface area contributed by atoms with Gasteiger partial charge >= 0.3 is 0 Å². The van der Waals surface area contributed by atoms with E-state index in [1.807, 2.05) is 18.9 Å². The fourth-order valence-electron chi connectivity index (χ4n) is 1.56. The molecule has 0 saturated carbocycles. The lowest BCUT2D eigenvalue weighted by Gasteiger charge is -2.36. The quantitative estimate of drug-likeness (QED) is 0.747. The lowest BCUT2D eigenvalue weighted by Crippen LogP contribution is -2.53. The molecule has 0 atom stereocenters. The number of hydrazone groups is 1. The van der Waals surface area contributed by atoms with Crippen LogP contribution in [-0.2, 0) is 9.47 Å². The summed E-state index contributed by atoms with van der Waals surface area (Å²) in [4.78, 5) is 0. The largest absolute Gasteiger partial charge is 0.474 e. The minimum atomic E-state index is 0.0686. The molecule has 1 fully saturated rings. The second-order valence-electron chi connectivity index (χ2n) is 4.06. The molecule has 0 spiro atoms. The number of nitrogens with zero attached hydrogens (tertiary/aromatic N) is 3. The molecule has 2 aliphatic rings. The van der Waals surface area contributed by atoms with Crippen molar-refractivity contribution in [2.45, 2.75) is 20.0 Å². The highest BCUT2D eigenvalue weighted by Gasteiger charge is 2.21. The highest BCUT2D eigenvalue weighted by Crippen LogP contribution is 2.11. The van der Waals surface area contributed by atoms with E-state index in [9.17, 15) is 0 Å². The number of rotatable bonds is 2. The van der Waals surface area contributed by atoms with Crippen LogP contribution >= 0.6 is 11.6 Å². The third-order valence-electron chi connectivity index (χ3n) is 2.26. The van der Waals surface area contributed by atoms with Gasteiger partial charge in [-0.3, -0.25) is 5.43 Å². The molecule has 1 N–H and O–H groups in total. The maximum absolute atomic E-state index is 6.00. The van der Waals surface area contributed by atoms with E-state index < -0.39 is 0 Å². The zero-order valence-corrected chi connectivity index (χ0v) is 10.8. The lowest BCUT2D eigenvalue weighted by atomic mass is 10.4. The summed E-state index contributed by atoms with van der Waals surface area (Å²) in [6.45, 7) is 6.83. The van der Waals surface area contributed by atoms with E-state index in [0.717, 1.165) is 13.1 Å². The van der Waals surface area contributed by atoms with Gasteiger partial charge in [0.1, 0.15) is 5.16 Å². The van der Waals surface area contributed by atoms with Crippen molar-refractivity contribution in [3.05, 3.63) is 11.2 Å². The van der Waals surface area contributed by atoms with Crippen molar-refractivity contribution in [3.8, 4) is 0 Å². The van der Waals surface area contributed by atoms with Gasteiger partial charge in [0.15, 0.2) is 0 Å². The Kier molecular flexibility index (Phi) is 4.09. The second-order valence-corrected chi connectivity index (χ2v) is 4.47. The summed E-state index contributed by atoms with van der Waals surface area (Å²) in [7, 11) is 0. The van der Waals surface area contributed by atoms with Crippen molar-refractivity contribution in [3.63, 3.8) is 0 Å². The molecule has 0 amide bonds. The number of halogens is 1. The van der Waals surface area contributed by atoms with Crippen LogP contribution in [0.15, 0.2) is 16.3 Å². The maximum Gasteiger partial charge on any atom is 0.237 e. The molecule has 0 aromatic carbocycles. The molecule has 0 unspecified atom stereocenters. The Morgan fingerprint density at radius 1 is 1.47 bits per heavy atom. The van der Waals surface area contributed by atoms with Gasteiger partial charge in [-0.25, -0.2) is 0 Å². The molecule has 2 rings (SSSR count). The van der Waals surface area contributed by atoms with Crippen molar-refractivity contribution in [2.75, 3.05) is 26.3 Å². The Morgan fingerprint density at radius 3 is 2.82 bits per heavy atom. The SMILES string of the molecule is CC(C)OC1=NN(N2CCOCC2)NC(Cl)=C1. The van der Waals surface area contributed by atoms with Crippen molar-refractivity contribution < 1.29 is 9.47 Å². The average Bonchev–Trinajstić information content (AvgIpc) is 2.28. The molecule has 2 aliphatic heterocycles. The number of hydrazine groups is 2. The number of ether oxygens (including phenoxy) is 2. The second kappa shape index (κ2) is 5.57. The van der Waals surface area contributed by atoms with E-state index in [1.54, 1.807) is 11.3 Å². The normalized spacial score (nSPS) is 22.0. The Balaban J connectivity index is 2.03. The first-order chi connectivity index (χ1) is 8.15.